The van der Waals surface area contributed by atoms with Crippen LogP contribution in [-0.2, 0) is 11.0 Å². The van der Waals surface area contributed by atoms with E-state index in [9.17, 15) is 18.0 Å². The second kappa shape index (κ2) is 6.30. The first-order valence-corrected chi connectivity index (χ1v) is 7.76. The van der Waals surface area contributed by atoms with Crippen molar-refractivity contribution in [2.45, 2.75) is 38.8 Å². The summed E-state index contributed by atoms with van der Waals surface area (Å²) in [5, 5.41) is 2.66. The van der Waals surface area contributed by atoms with Crippen LogP contribution in [-0.4, -0.2) is 10.9 Å². The molecule has 0 saturated heterocycles. The molecule has 0 bridgehead atoms. The molecule has 1 amide bonds. The first kappa shape index (κ1) is 16.5. The van der Waals surface area contributed by atoms with Crippen LogP contribution in [0.4, 0.5) is 18.9 Å². The molecule has 1 heterocycles. The first-order valence-electron chi connectivity index (χ1n) is 7.76. The highest BCUT2D eigenvalue weighted by Gasteiger charge is 2.35. The molecule has 128 valence electrons. The number of nitrogens with zero attached hydrogens (tertiary/aromatic N) is 1. The van der Waals surface area contributed by atoms with E-state index >= 15 is 0 Å². The lowest BCUT2D eigenvalue weighted by Gasteiger charge is -2.24. The molecule has 0 atom stereocenters. The van der Waals surface area contributed by atoms with Crippen LogP contribution < -0.4 is 5.32 Å². The second-order valence-electron chi connectivity index (χ2n) is 6.10. The van der Waals surface area contributed by atoms with Gasteiger partial charge in [0.05, 0.1) is 16.8 Å². The minimum absolute atomic E-state index is 0.116. The Morgan fingerprint density at radius 3 is 2.67 bits per heavy atom. The highest BCUT2D eigenvalue weighted by atomic mass is 19.4. The molecule has 1 saturated carbocycles. The summed E-state index contributed by atoms with van der Waals surface area (Å²) in [4.78, 5) is 15.9. The van der Waals surface area contributed by atoms with Crippen molar-refractivity contribution in [2.75, 3.05) is 5.32 Å². The number of amides is 1. The van der Waals surface area contributed by atoms with Gasteiger partial charge in [-0.15, -0.1) is 0 Å². The van der Waals surface area contributed by atoms with Gasteiger partial charge >= 0.3 is 6.18 Å². The molecule has 0 unspecified atom stereocenters. The van der Waals surface area contributed by atoms with Gasteiger partial charge in [0, 0.05) is 12.1 Å². The summed E-state index contributed by atoms with van der Waals surface area (Å²) in [6, 6.07) is 3.45. The van der Waals surface area contributed by atoms with Crippen molar-refractivity contribution in [1.82, 2.24) is 4.98 Å². The van der Waals surface area contributed by atoms with Crippen LogP contribution in [0.25, 0.3) is 11.5 Å². The van der Waals surface area contributed by atoms with Crippen LogP contribution in [0.3, 0.4) is 0 Å². The highest BCUT2D eigenvalue weighted by Crippen LogP contribution is 2.38. The molecular weight excluding hydrogens is 321 g/mol. The van der Waals surface area contributed by atoms with E-state index in [2.05, 4.69) is 10.3 Å². The number of rotatable bonds is 4. The Morgan fingerprint density at radius 2 is 2.12 bits per heavy atom. The third-order valence-corrected chi connectivity index (χ3v) is 4.16. The Hall–Kier alpha value is -2.31. The number of alkyl halides is 3. The lowest BCUT2D eigenvalue weighted by molar-refractivity contribution is -0.137. The second-order valence-corrected chi connectivity index (χ2v) is 6.10. The maximum atomic E-state index is 13.2. The molecule has 1 fully saturated rings. The number of carbonyl (C=O) groups is 1. The Labute approximate surface area is 137 Å². The molecule has 4 nitrogen and oxygen atoms in total. The Balaban J connectivity index is 1.87. The largest absolute Gasteiger partial charge is 0.444 e. The predicted molar refractivity (Wildman–Crippen MR) is 82.3 cm³/mol. The average Bonchev–Trinajstić information content (AvgIpc) is 2.88. The van der Waals surface area contributed by atoms with Crippen molar-refractivity contribution in [3.63, 3.8) is 0 Å². The zero-order valence-electron chi connectivity index (χ0n) is 13.1. The molecule has 1 N–H and O–H groups in total. The van der Waals surface area contributed by atoms with Gasteiger partial charge in [-0.2, -0.15) is 13.2 Å². The number of anilines is 1. The topological polar surface area (TPSA) is 55.1 Å². The van der Waals surface area contributed by atoms with Gasteiger partial charge in [0.25, 0.3) is 0 Å². The molecule has 1 aliphatic rings. The average molecular weight is 338 g/mol. The number of nitrogens with one attached hydrogen (secondary N) is 1. The lowest BCUT2D eigenvalue weighted by Crippen LogP contribution is -2.21. The fourth-order valence-corrected chi connectivity index (χ4v) is 2.69. The van der Waals surface area contributed by atoms with Crippen LogP contribution in [0, 0.1) is 12.8 Å². The number of oxazole rings is 1. The molecule has 1 aliphatic carbocycles. The molecule has 1 aromatic carbocycles. The van der Waals surface area contributed by atoms with E-state index in [4.69, 9.17) is 4.42 Å². The smallest absolute Gasteiger partial charge is 0.417 e. The minimum Gasteiger partial charge on any atom is -0.444 e. The highest BCUT2D eigenvalue weighted by molar-refractivity contribution is 5.91. The summed E-state index contributed by atoms with van der Waals surface area (Å²) in [7, 11) is 0. The zero-order chi connectivity index (χ0) is 17.3. The first-order chi connectivity index (χ1) is 11.3. The number of hydrogen-bond donors (Lipinski definition) is 1. The molecule has 24 heavy (non-hydrogen) atoms. The van der Waals surface area contributed by atoms with Crippen LogP contribution >= 0.6 is 0 Å². The van der Waals surface area contributed by atoms with Crippen molar-refractivity contribution >= 4 is 11.6 Å². The van der Waals surface area contributed by atoms with Crippen molar-refractivity contribution < 1.29 is 22.4 Å². The monoisotopic (exact) mass is 338 g/mol. The van der Waals surface area contributed by atoms with Gasteiger partial charge in [-0.1, -0.05) is 6.42 Å². The zero-order valence-corrected chi connectivity index (χ0v) is 13.1. The predicted octanol–water partition coefficient (Wildman–Crippen LogP) is 4.80. The van der Waals surface area contributed by atoms with Crippen LogP contribution in [0.2, 0.25) is 0 Å². The Kier molecular flexibility index (Phi) is 4.34. The van der Waals surface area contributed by atoms with E-state index in [0.29, 0.717) is 23.7 Å². The van der Waals surface area contributed by atoms with E-state index in [-0.39, 0.29) is 17.4 Å². The van der Waals surface area contributed by atoms with Crippen molar-refractivity contribution in [2.24, 2.45) is 5.92 Å². The van der Waals surface area contributed by atoms with Crippen LogP contribution in [0.15, 0.2) is 28.9 Å². The van der Waals surface area contributed by atoms with Crippen LogP contribution in [0.5, 0.6) is 0 Å². The molecule has 1 aromatic heterocycles. The van der Waals surface area contributed by atoms with Crippen molar-refractivity contribution in [1.29, 1.82) is 0 Å². The third-order valence-electron chi connectivity index (χ3n) is 4.16. The number of benzene rings is 1. The van der Waals surface area contributed by atoms with Gasteiger partial charge in [-0.05, 0) is 43.9 Å². The van der Waals surface area contributed by atoms with E-state index in [1.165, 1.54) is 18.4 Å². The summed E-state index contributed by atoms with van der Waals surface area (Å²) in [6.45, 7) is 1.63. The van der Waals surface area contributed by atoms with Gasteiger partial charge in [0.2, 0.25) is 11.8 Å². The standard InChI is InChI=1S/C17H17F3N2O2/c1-10-9-24-16(21-10)13-8-12(5-6-14(13)17(18,19)20)22-15(23)7-11-3-2-4-11/h5-6,8-9,11H,2-4,7H2,1H3,(H,22,23). The molecule has 3 rings (SSSR count). The molecule has 2 aromatic rings. The number of aromatic nitrogens is 1. The number of halogens is 3. The maximum absolute atomic E-state index is 13.2. The number of hydrogen-bond acceptors (Lipinski definition) is 3. The SMILES string of the molecule is Cc1coc(-c2cc(NC(=O)CC3CCC3)ccc2C(F)(F)F)n1. The molecule has 0 aliphatic heterocycles. The van der Waals surface area contributed by atoms with Crippen molar-refractivity contribution in [3.05, 3.63) is 35.7 Å². The minimum atomic E-state index is -4.54. The fraction of sp³-hybridized carbons (Fsp3) is 0.412. The summed E-state index contributed by atoms with van der Waals surface area (Å²) in [6.07, 6.45) is 0.340. The van der Waals surface area contributed by atoms with Crippen molar-refractivity contribution in [3.8, 4) is 11.5 Å². The maximum Gasteiger partial charge on any atom is 0.417 e. The molecule has 0 spiro atoms. The third kappa shape index (κ3) is 3.60. The molecular formula is C17H17F3N2O2. The van der Waals surface area contributed by atoms with E-state index in [0.717, 1.165) is 25.3 Å². The molecule has 0 radical (unpaired) electrons. The summed E-state index contributed by atoms with van der Waals surface area (Å²) >= 11 is 0. The van der Waals surface area contributed by atoms with Crippen LogP contribution in [0.1, 0.15) is 36.9 Å². The van der Waals surface area contributed by atoms with Gasteiger partial charge in [-0.3, -0.25) is 4.79 Å². The van der Waals surface area contributed by atoms with Gasteiger partial charge in [-0.25, -0.2) is 4.98 Å². The fourth-order valence-electron chi connectivity index (χ4n) is 2.69. The Bertz CT molecular complexity index is 749. The summed E-state index contributed by atoms with van der Waals surface area (Å²) in [5.74, 6) is 0.0808. The summed E-state index contributed by atoms with van der Waals surface area (Å²) < 4.78 is 44.7. The quantitative estimate of drug-likeness (QED) is 0.871. The van der Waals surface area contributed by atoms with Gasteiger partial charge < -0.3 is 9.73 Å². The number of carbonyl (C=O) groups excluding carboxylic acids is 1. The van der Waals surface area contributed by atoms with E-state index in [1.54, 1.807) is 6.92 Å². The van der Waals surface area contributed by atoms with Gasteiger partial charge in [0.1, 0.15) is 6.26 Å². The lowest BCUT2D eigenvalue weighted by atomic mass is 9.83. The van der Waals surface area contributed by atoms with Gasteiger partial charge in [0.15, 0.2) is 0 Å². The van der Waals surface area contributed by atoms with E-state index in [1.807, 2.05) is 0 Å². The normalized spacial score (nSPS) is 15.2. The Morgan fingerprint density at radius 1 is 1.38 bits per heavy atom. The summed E-state index contributed by atoms with van der Waals surface area (Å²) in [5.41, 5.74) is -0.242. The van der Waals surface area contributed by atoms with E-state index < -0.39 is 11.7 Å². The molecule has 7 heteroatoms. The number of aryl methyl sites for hydroxylation is 1.